The molecule has 0 aliphatic heterocycles. The van der Waals surface area contributed by atoms with Crippen molar-refractivity contribution >= 4 is 19.2 Å². The largest absolute Gasteiger partial charge is 0.462 e. The molecule has 1 aromatic carbocycles. The number of carbonyl (C=O) groups is 1. The molecular formula is C17H26O2Si. The Morgan fingerprint density at radius 3 is 2.35 bits per heavy atom. The van der Waals surface area contributed by atoms with Crippen molar-refractivity contribution in [1.29, 1.82) is 0 Å². The van der Waals surface area contributed by atoms with Crippen LogP contribution in [-0.4, -0.2) is 20.7 Å². The van der Waals surface area contributed by atoms with Crippen molar-refractivity contribution < 1.29 is 9.53 Å². The lowest BCUT2D eigenvalue weighted by atomic mass is 10.1. The molecule has 0 N–H and O–H groups in total. The number of rotatable bonds is 6. The van der Waals surface area contributed by atoms with E-state index in [2.05, 4.69) is 63.3 Å². The van der Waals surface area contributed by atoms with Gasteiger partial charge in [0.05, 0.1) is 8.07 Å². The van der Waals surface area contributed by atoms with Crippen LogP contribution in [0.1, 0.15) is 20.8 Å². The van der Waals surface area contributed by atoms with Gasteiger partial charge in [-0.3, -0.25) is 4.79 Å². The Morgan fingerprint density at radius 2 is 1.85 bits per heavy atom. The number of allylic oxidation sites excluding steroid dienone is 1. The van der Waals surface area contributed by atoms with Gasteiger partial charge in [-0.1, -0.05) is 74.6 Å². The Bertz CT molecular complexity index is 449. The fraction of sp³-hybridized carbons (Fsp3) is 0.471. The standard InChI is InChI=1S/C17H26O2Si/c1-14(2)17(12-9-13-19-15(3)18)20(4,5)16-10-7-6-8-11-16/h6-12,14,17H,13H2,1-5H3/b12-9+. The van der Waals surface area contributed by atoms with E-state index < -0.39 is 8.07 Å². The van der Waals surface area contributed by atoms with Gasteiger partial charge in [0.1, 0.15) is 6.61 Å². The number of benzene rings is 1. The van der Waals surface area contributed by atoms with Crippen LogP contribution in [0.4, 0.5) is 0 Å². The number of carbonyl (C=O) groups excluding carboxylic acids is 1. The first-order valence-electron chi connectivity index (χ1n) is 7.21. The van der Waals surface area contributed by atoms with Gasteiger partial charge in [0.2, 0.25) is 0 Å². The van der Waals surface area contributed by atoms with Crippen LogP contribution in [0.3, 0.4) is 0 Å². The summed E-state index contributed by atoms with van der Waals surface area (Å²) in [6.07, 6.45) is 4.23. The maximum Gasteiger partial charge on any atom is 0.302 e. The molecule has 110 valence electrons. The molecule has 0 aliphatic rings. The summed E-state index contributed by atoms with van der Waals surface area (Å²) >= 11 is 0. The number of ether oxygens (including phenoxy) is 1. The van der Waals surface area contributed by atoms with Crippen LogP contribution in [0.2, 0.25) is 18.6 Å². The quantitative estimate of drug-likeness (QED) is 0.453. The zero-order chi connectivity index (χ0) is 15.2. The summed E-state index contributed by atoms with van der Waals surface area (Å²) in [4.78, 5) is 10.8. The predicted octanol–water partition coefficient (Wildman–Crippen LogP) is 3.75. The molecule has 0 radical (unpaired) electrons. The van der Waals surface area contributed by atoms with Gasteiger partial charge >= 0.3 is 5.97 Å². The lowest BCUT2D eigenvalue weighted by Gasteiger charge is -2.34. The van der Waals surface area contributed by atoms with Gasteiger partial charge in [-0.15, -0.1) is 0 Å². The van der Waals surface area contributed by atoms with Crippen LogP contribution in [0.15, 0.2) is 42.5 Å². The molecule has 0 amide bonds. The Labute approximate surface area is 123 Å². The summed E-state index contributed by atoms with van der Waals surface area (Å²) in [5, 5.41) is 1.47. The lowest BCUT2D eigenvalue weighted by Crippen LogP contribution is -2.47. The number of esters is 1. The normalized spacial score (nSPS) is 13.7. The van der Waals surface area contributed by atoms with E-state index in [0.29, 0.717) is 18.1 Å². The van der Waals surface area contributed by atoms with Crippen molar-refractivity contribution in [2.45, 2.75) is 39.4 Å². The minimum atomic E-state index is -1.58. The summed E-state index contributed by atoms with van der Waals surface area (Å²) in [5.74, 6) is 0.348. The molecule has 0 bridgehead atoms. The maximum absolute atomic E-state index is 10.8. The Balaban J connectivity index is 2.87. The first-order valence-corrected chi connectivity index (χ1v) is 10.3. The van der Waals surface area contributed by atoms with Crippen molar-refractivity contribution in [1.82, 2.24) is 0 Å². The first kappa shape index (κ1) is 16.7. The molecule has 0 fully saturated rings. The highest BCUT2D eigenvalue weighted by Gasteiger charge is 2.33. The van der Waals surface area contributed by atoms with E-state index >= 15 is 0 Å². The molecule has 0 aromatic heterocycles. The van der Waals surface area contributed by atoms with Crippen LogP contribution in [0.25, 0.3) is 0 Å². The molecule has 1 aromatic rings. The highest BCUT2D eigenvalue weighted by molar-refractivity contribution is 6.91. The molecule has 0 aliphatic carbocycles. The maximum atomic E-state index is 10.8. The van der Waals surface area contributed by atoms with Crippen LogP contribution >= 0.6 is 0 Å². The Morgan fingerprint density at radius 1 is 1.25 bits per heavy atom. The molecule has 1 rings (SSSR count). The zero-order valence-electron chi connectivity index (χ0n) is 13.2. The van der Waals surface area contributed by atoms with Gasteiger partial charge in [-0.25, -0.2) is 0 Å². The average Bonchev–Trinajstić information content (AvgIpc) is 2.38. The van der Waals surface area contributed by atoms with Crippen molar-refractivity contribution in [3.8, 4) is 0 Å². The molecular weight excluding hydrogens is 264 g/mol. The van der Waals surface area contributed by atoms with E-state index in [-0.39, 0.29) is 5.97 Å². The summed E-state index contributed by atoms with van der Waals surface area (Å²) in [5.41, 5.74) is 0.528. The number of hydrogen-bond acceptors (Lipinski definition) is 2. The van der Waals surface area contributed by atoms with Crippen molar-refractivity contribution in [2.75, 3.05) is 6.61 Å². The van der Waals surface area contributed by atoms with Gasteiger partial charge in [0, 0.05) is 6.92 Å². The molecule has 0 spiro atoms. The van der Waals surface area contributed by atoms with E-state index in [1.54, 1.807) is 0 Å². The van der Waals surface area contributed by atoms with E-state index in [9.17, 15) is 4.79 Å². The van der Waals surface area contributed by atoms with Gasteiger partial charge in [0.25, 0.3) is 0 Å². The summed E-state index contributed by atoms with van der Waals surface area (Å²) < 4.78 is 4.98. The fourth-order valence-electron chi connectivity index (χ4n) is 2.72. The predicted molar refractivity (Wildman–Crippen MR) is 87.9 cm³/mol. The van der Waals surface area contributed by atoms with Gasteiger partial charge in [-0.2, -0.15) is 0 Å². The van der Waals surface area contributed by atoms with Crippen LogP contribution in [-0.2, 0) is 9.53 Å². The Kier molecular flexibility index (Phi) is 6.21. The molecule has 2 nitrogen and oxygen atoms in total. The molecule has 0 saturated carbocycles. The molecule has 0 heterocycles. The fourth-order valence-corrected chi connectivity index (χ4v) is 6.44. The minimum Gasteiger partial charge on any atom is -0.462 e. The van der Waals surface area contributed by atoms with E-state index in [1.807, 2.05) is 6.08 Å². The average molecular weight is 290 g/mol. The third kappa shape index (κ3) is 4.64. The van der Waals surface area contributed by atoms with Gasteiger partial charge in [0.15, 0.2) is 0 Å². The van der Waals surface area contributed by atoms with Crippen molar-refractivity contribution in [3.05, 3.63) is 42.5 Å². The van der Waals surface area contributed by atoms with E-state index in [4.69, 9.17) is 4.74 Å². The number of hydrogen-bond donors (Lipinski definition) is 0. The molecule has 20 heavy (non-hydrogen) atoms. The SMILES string of the molecule is CC(=O)OC/C=C/C(C(C)C)[Si](C)(C)c1ccccc1. The zero-order valence-corrected chi connectivity index (χ0v) is 14.2. The van der Waals surface area contributed by atoms with Crippen molar-refractivity contribution in [3.63, 3.8) is 0 Å². The minimum absolute atomic E-state index is 0.227. The molecule has 0 saturated heterocycles. The third-order valence-electron chi connectivity index (χ3n) is 3.80. The summed E-state index contributed by atoms with van der Waals surface area (Å²) in [7, 11) is -1.58. The summed E-state index contributed by atoms with van der Waals surface area (Å²) in [6, 6.07) is 10.8. The molecule has 1 unspecified atom stereocenters. The van der Waals surface area contributed by atoms with Crippen molar-refractivity contribution in [2.24, 2.45) is 5.92 Å². The topological polar surface area (TPSA) is 26.3 Å². The highest BCUT2D eigenvalue weighted by atomic mass is 28.3. The second-order valence-corrected chi connectivity index (χ2v) is 10.8. The monoisotopic (exact) mass is 290 g/mol. The Hall–Kier alpha value is -1.35. The van der Waals surface area contributed by atoms with Crippen LogP contribution in [0, 0.1) is 5.92 Å². The smallest absolute Gasteiger partial charge is 0.302 e. The van der Waals surface area contributed by atoms with Gasteiger partial charge in [-0.05, 0) is 11.5 Å². The van der Waals surface area contributed by atoms with Crippen LogP contribution in [0.5, 0.6) is 0 Å². The van der Waals surface area contributed by atoms with E-state index in [0.717, 1.165) is 0 Å². The highest BCUT2D eigenvalue weighted by Crippen LogP contribution is 2.31. The molecule has 1 atom stereocenters. The summed E-state index contributed by atoms with van der Waals surface area (Å²) in [6.45, 7) is 11.2. The van der Waals surface area contributed by atoms with Crippen LogP contribution < -0.4 is 5.19 Å². The first-order chi connectivity index (χ1) is 9.35. The van der Waals surface area contributed by atoms with Gasteiger partial charge < -0.3 is 4.74 Å². The third-order valence-corrected chi connectivity index (χ3v) is 8.14. The van der Waals surface area contributed by atoms with E-state index in [1.165, 1.54) is 12.1 Å². The second-order valence-electron chi connectivity index (χ2n) is 6.09. The molecule has 3 heteroatoms. The second kappa shape index (κ2) is 7.43. The lowest BCUT2D eigenvalue weighted by molar-refractivity contribution is -0.139.